The largest absolute Gasteiger partial charge is 0.481 e. The van der Waals surface area contributed by atoms with Gasteiger partial charge < -0.3 is 10.4 Å². The summed E-state index contributed by atoms with van der Waals surface area (Å²) in [6.07, 6.45) is 0. The maximum atomic E-state index is 11.0. The third-order valence-electron chi connectivity index (χ3n) is 2.64. The lowest BCUT2D eigenvalue weighted by Crippen LogP contribution is -2.32. The first-order valence-electron chi connectivity index (χ1n) is 4.71. The molecule has 1 heterocycles. The molecule has 1 aromatic rings. The molecule has 0 saturated carbocycles. The summed E-state index contributed by atoms with van der Waals surface area (Å²) in [5.74, 6) is -1.14. The zero-order chi connectivity index (χ0) is 10.1. The van der Waals surface area contributed by atoms with Gasteiger partial charge >= 0.3 is 5.97 Å². The second kappa shape index (κ2) is 3.42. The first kappa shape index (κ1) is 9.21. The number of carbonyl (C=O) groups is 1. The van der Waals surface area contributed by atoms with Crippen molar-refractivity contribution >= 4 is 5.97 Å². The number of hydrogen-bond donors (Lipinski definition) is 2. The van der Waals surface area contributed by atoms with Gasteiger partial charge in [0.05, 0.1) is 5.92 Å². The summed E-state index contributed by atoms with van der Waals surface area (Å²) in [7, 11) is 0. The summed E-state index contributed by atoms with van der Waals surface area (Å²) in [5.41, 5.74) is 3.25. The van der Waals surface area contributed by atoms with Gasteiger partial charge in [-0.25, -0.2) is 0 Å². The Morgan fingerprint density at radius 3 is 3.07 bits per heavy atom. The molecule has 3 nitrogen and oxygen atoms in total. The van der Waals surface area contributed by atoms with Crippen LogP contribution in [0, 0.1) is 6.92 Å². The summed E-state index contributed by atoms with van der Waals surface area (Å²) < 4.78 is 0. The van der Waals surface area contributed by atoms with Crippen molar-refractivity contribution in [1.82, 2.24) is 5.32 Å². The molecule has 0 bridgehead atoms. The third kappa shape index (κ3) is 1.51. The van der Waals surface area contributed by atoms with E-state index in [1.165, 1.54) is 5.56 Å². The van der Waals surface area contributed by atoms with Crippen molar-refractivity contribution in [2.45, 2.75) is 19.4 Å². The molecule has 0 aromatic heterocycles. The fraction of sp³-hybridized carbons (Fsp3) is 0.364. The number of benzene rings is 1. The van der Waals surface area contributed by atoms with Crippen molar-refractivity contribution in [3.63, 3.8) is 0 Å². The molecule has 0 saturated heterocycles. The van der Waals surface area contributed by atoms with Gasteiger partial charge in [0, 0.05) is 13.1 Å². The molecule has 0 amide bonds. The maximum absolute atomic E-state index is 11.0. The van der Waals surface area contributed by atoms with Gasteiger partial charge in [-0.1, -0.05) is 23.8 Å². The van der Waals surface area contributed by atoms with Gasteiger partial charge in [-0.3, -0.25) is 4.79 Å². The van der Waals surface area contributed by atoms with Gasteiger partial charge in [0.2, 0.25) is 0 Å². The third-order valence-corrected chi connectivity index (χ3v) is 2.64. The van der Waals surface area contributed by atoms with Crippen LogP contribution in [-0.4, -0.2) is 17.6 Å². The average Bonchev–Trinajstić information content (AvgIpc) is 2.16. The van der Waals surface area contributed by atoms with E-state index >= 15 is 0 Å². The monoisotopic (exact) mass is 191 g/mol. The van der Waals surface area contributed by atoms with Crippen molar-refractivity contribution in [3.05, 3.63) is 34.9 Å². The molecular weight excluding hydrogens is 178 g/mol. The molecule has 1 atom stereocenters. The van der Waals surface area contributed by atoms with Crippen molar-refractivity contribution in [2.75, 3.05) is 6.54 Å². The first-order chi connectivity index (χ1) is 6.68. The molecule has 0 radical (unpaired) electrons. The Balaban J connectivity index is 2.44. The molecule has 0 aliphatic carbocycles. The van der Waals surface area contributed by atoms with E-state index in [1.54, 1.807) is 0 Å². The Morgan fingerprint density at radius 1 is 1.57 bits per heavy atom. The summed E-state index contributed by atoms with van der Waals surface area (Å²) in [5, 5.41) is 12.1. The minimum atomic E-state index is -0.748. The van der Waals surface area contributed by atoms with E-state index in [2.05, 4.69) is 11.4 Å². The van der Waals surface area contributed by atoms with E-state index in [0.29, 0.717) is 6.54 Å². The summed E-state index contributed by atoms with van der Waals surface area (Å²) in [4.78, 5) is 11.0. The smallest absolute Gasteiger partial charge is 0.312 e. The molecule has 14 heavy (non-hydrogen) atoms. The number of hydrogen-bond acceptors (Lipinski definition) is 2. The van der Waals surface area contributed by atoms with Crippen LogP contribution in [0.4, 0.5) is 0 Å². The Kier molecular flexibility index (Phi) is 2.25. The number of nitrogens with one attached hydrogen (secondary N) is 1. The molecular formula is C11H13NO2. The molecule has 74 valence electrons. The Bertz CT molecular complexity index is 374. The van der Waals surface area contributed by atoms with Crippen LogP contribution in [0.5, 0.6) is 0 Å². The van der Waals surface area contributed by atoms with E-state index in [0.717, 1.165) is 17.7 Å². The number of fused-ring (bicyclic) bond motifs is 1. The van der Waals surface area contributed by atoms with Crippen LogP contribution in [0.25, 0.3) is 0 Å². The van der Waals surface area contributed by atoms with Crippen LogP contribution >= 0.6 is 0 Å². The molecule has 3 heteroatoms. The van der Waals surface area contributed by atoms with Gasteiger partial charge in [0.15, 0.2) is 0 Å². The highest BCUT2D eigenvalue weighted by Crippen LogP contribution is 2.24. The van der Waals surface area contributed by atoms with Crippen LogP contribution in [-0.2, 0) is 11.3 Å². The van der Waals surface area contributed by atoms with Crippen molar-refractivity contribution < 1.29 is 9.90 Å². The van der Waals surface area contributed by atoms with Crippen LogP contribution < -0.4 is 5.32 Å². The lowest BCUT2D eigenvalue weighted by molar-refractivity contribution is -0.138. The molecule has 1 aromatic carbocycles. The Hall–Kier alpha value is -1.35. The van der Waals surface area contributed by atoms with Crippen molar-refractivity contribution in [3.8, 4) is 0 Å². The van der Waals surface area contributed by atoms with Crippen LogP contribution in [0.15, 0.2) is 18.2 Å². The number of aryl methyl sites for hydroxylation is 1. The number of carboxylic acid groups (broad SMARTS) is 1. The molecule has 1 aliphatic rings. The van der Waals surface area contributed by atoms with Crippen LogP contribution in [0.3, 0.4) is 0 Å². The fourth-order valence-electron chi connectivity index (χ4n) is 1.91. The molecule has 0 fully saturated rings. The number of rotatable bonds is 1. The van der Waals surface area contributed by atoms with Crippen molar-refractivity contribution in [2.24, 2.45) is 0 Å². The molecule has 2 rings (SSSR count). The minimum Gasteiger partial charge on any atom is -0.481 e. The molecule has 1 unspecified atom stereocenters. The second-order valence-electron chi connectivity index (χ2n) is 3.72. The standard InChI is InChI=1S/C11H13NO2/c1-7-2-3-9-8(4-7)5-12-6-10(9)11(13)14/h2-4,10,12H,5-6H2,1H3,(H,13,14). The zero-order valence-electron chi connectivity index (χ0n) is 8.08. The Morgan fingerprint density at radius 2 is 2.36 bits per heavy atom. The highest BCUT2D eigenvalue weighted by molar-refractivity contribution is 5.77. The zero-order valence-corrected chi connectivity index (χ0v) is 8.08. The van der Waals surface area contributed by atoms with Crippen LogP contribution in [0.2, 0.25) is 0 Å². The molecule has 0 spiro atoms. The quantitative estimate of drug-likeness (QED) is 0.702. The van der Waals surface area contributed by atoms with E-state index in [1.807, 2.05) is 19.1 Å². The van der Waals surface area contributed by atoms with E-state index in [9.17, 15) is 4.79 Å². The van der Waals surface area contributed by atoms with Gasteiger partial charge in [0.25, 0.3) is 0 Å². The lowest BCUT2D eigenvalue weighted by atomic mass is 9.90. The molecule has 2 N–H and O–H groups in total. The highest BCUT2D eigenvalue weighted by atomic mass is 16.4. The Labute approximate surface area is 82.8 Å². The summed E-state index contributed by atoms with van der Waals surface area (Å²) >= 11 is 0. The minimum absolute atomic E-state index is 0.389. The van der Waals surface area contributed by atoms with E-state index in [-0.39, 0.29) is 5.92 Å². The van der Waals surface area contributed by atoms with E-state index in [4.69, 9.17) is 5.11 Å². The topological polar surface area (TPSA) is 49.3 Å². The molecule has 1 aliphatic heterocycles. The van der Waals surface area contributed by atoms with E-state index < -0.39 is 5.97 Å². The highest BCUT2D eigenvalue weighted by Gasteiger charge is 2.25. The normalized spacial score (nSPS) is 20.2. The predicted molar refractivity (Wildman–Crippen MR) is 53.3 cm³/mol. The lowest BCUT2D eigenvalue weighted by Gasteiger charge is -2.23. The van der Waals surface area contributed by atoms with Gasteiger partial charge in [-0.05, 0) is 18.1 Å². The van der Waals surface area contributed by atoms with Crippen LogP contribution in [0.1, 0.15) is 22.6 Å². The summed E-state index contributed by atoms with van der Waals surface area (Å²) in [6.45, 7) is 3.33. The van der Waals surface area contributed by atoms with Crippen molar-refractivity contribution in [1.29, 1.82) is 0 Å². The van der Waals surface area contributed by atoms with Gasteiger partial charge in [-0.15, -0.1) is 0 Å². The summed E-state index contributed by atoms with van der Waals surface area (Å²) in [6, 6.07) is 5.96. The first-order valence-corrected chi connectivity index (χ1v) is 4.71. The predicted octanol–water partition coefficient (Wildman–Crippen LogP) is 1.27. The SMILES string of the molecule is Cc1ccc2c(c1)CNCC2C(=O)O. The number of carboxylic acids is 1. The average molecular weight is 191 g/mol. The fourth-order valence-corrected chi connectivity index (χ4v) is 1.91. The maximum Gasteiger partial charge on any atom is 0.312 e. The number of aliphatic carboxylic acids is 1. The second-order valence-corrected chi connectivity index (χ2v) is 3.72. The van der Waals surface area contributed by atoms with Gasteiger partial charge in [0.1, 0.15) is 0 Å². The van der Waals surface area contributed by atoms with Gasteiger partial charge in [-0.2, -0.15) is 0 Å².